The average molecular weight is 444 g/mol. The number of esters is 1. The Morgan fingerprint density at radius 3 is 2.48 bits per heavy atom. The molecular formula is C26H25N3O4. The first-order valence-corrected chi connectivity index (χ1v) is 10.7. The van der Waals surface area contributed by atoms with E-state index in [1.54, 1.807) is 24.3 Å². The number of fused-ring (bicyclic) bond motifs is 1. The molecule has 0 atom stereocenters. The van der Waals surface area contributed by atoms with E-state index in [0.29, 0.717) is 16.6 Å². The number of ether oxygens (including phenoxy) is 1. The van der Waals surface area contributed by atoms with Gasteiger partial charge in [-0.2, -0.15) is 0 Å². The topological polar surface area (TPSA) is 83.2 Å². The molecule has 168 valence electrons. The van der Waals surface area contributed by atoms with Gasteiger partial charge in [-0.05, 0) is 69.2 Å². The molecule has 0 bridgehead atoms. The highest BCUT2D eigenvalue weighted by atomic mass is 16.5. The molecule has 0 aliphatic rings. The van der Waals surface area contributed by atoms with Gasteiger partial charge in [0.2, 0.25) is 5.78 Å². The molecule has 7 heteroatoms. The predicted octanol–water partition coefficient (Wildman–Crippen LogP) is 3.85. The molecule has 0 amide bonds. The summed E-state index contributed by atoms with van der Waals surface area (Å²) in [4.78, 5) is 41.6. The van der Waals surface area contributed by atoms with Crippen LogP contribution < -0.4 is 5.56 Å². The lowest BCUT2D eigenvalue weighted by Crippen LogP contribution is -2.27. The van der Waals surface area contributed by atoms with Crippen LogP contribution in [0, 0.1) is 27.7 Å². The van der Waals surface area contributed by atoms with Crippen LogP contribution in [0.3, 0.4) is 0 Å². The van der Waals surface area contributed by atoms with Crippen molar-refractivity contribution in [2.75, 3.05) is 6.61 Å². The maximum Gasteiger partial charge on any atom is 0.326 e. The molecule has 0 aliphatic heterocycles. The Balaban J connectivity index is 1.50. The monoisotopic (exact) mass is 443 g/mol. The van der Waals surface area contributed by atoms with Crippen molar-refractivity contribution in [2.45, 2.75) is 34.2 Å². The molecule has 2 aromatic carbocycles. The summed E-state index contributed by atoms with van der Waals surface area (Å²) in [6, 6.07) is 15.0. The maximum absolute atomic E-state index is 12.9. The lowest BCUT2D eigenvalue weighted by molar-refractivity contribution is -0.143. The van der Waals surface area contributed by atoms with Gasteiger partial charge in [-0.15, -0.1) is 0 Å². The second kappa shape index (κ2) is 8.86. The molecule has 0 radical (unpaired) electrons. The van der Waals surface area contributed by atoms with Crippen LogP contribution >= 0.6 is 0 Å². The zero-order valence-corrected chi connectivity index (χ0v) is 19.1. The van der Waals surface area contributed by atoms with Gasteiger partial charge in [-0.3, -0.25) is 19.0 Å². The summed E-state index contributed by atoms with van der Waals surface area (Å²) < 4.78 is 8.54. The van der Waals surface area contributed by atoms with Gasteiger partial charge in [-0.25, -0.2) is 4.98 Å². The van der Waals surface area contributed by atoms with Crippen molar-refractivity contribution in [3.63, 3.8) is 0 Å². The van der Waals surface area contributed by atoms with Gasteiger partial charge in [-0.1, -0.05) is 18.2 Å². The van der Waals surface area contributed by atoms with Crippen LogP contribution in [-0.4, -0.2) is 32.5 Å². The third-order valence-electron chi connectivity index (χ3n) is 5.88. The number of carbonyl (C=O) groups is 2. The molecule has 2 heterocycles. The van der Waals surface area contributed by atoms with E-state index in [1.165, 1.54) is 21.9 Å². The molecule has 2 aromatic heterocycles. The highest BCUT2D eigenvalue weighted by Gasteiger charge is 2.19. The van der Waals surface area contributed by atoms with Crippen molar-refractivity contribution in [1.82, 2.24) is 14.1 Å². The van der Waals surface area contributed by atoms with Crippen molar-refractivity contribution in [3.8, 4) is 5.69 Å². The molecule has 33 heavy (non-hydrogen) atoms. The number of benzene rings is 2. The Morgan fingerprint density at radius 1 is 0.970 bits per heavy atom. The smallest absolute Gasteiger partial charge is 0.326 e. The van der Waals surface area contributed by atoms with Crippen molar-refractivity contribution in [1.29, 1.82) is 0 Å². The number of carbonyl (C=O) groups excluding carboxylic acids is 2. The summed E-state index contributed by atoms with van der Waals surface area (Å²) in [6.45, 7) is 7.23. The van der Waals surface area contributed by atoms with Crippen LogP contribution in [0.4, 0.5) is 0 Å². The Labute approximate surface area is 191 Å². The fourth-order valence-electron chi connectivity index (χ4n) is 3.98. The molecule has 0 spiro atoms. The Bertz CT molecular complexity index is 1450. The highest BCUT2D eigenvalue weighted by molar-refractivity contribution is 5.99. The zero-order chi connectivity index (χ0) is 23.7. The third-order valence-corrected chi connectivity index (χ3v) is 5.88. The van der Waals surface area contributed by atoms with Crippen molar-refractivity contribution < 1.29 is 14.3 Å². The van der Waals surface area contributed by atoms with Gasteiger partial charge in [0.25, 0.3) is 5.56 Å². The standard InChI is InChI=1S/C26H25N3O4/c1-16-9-10-20(11-17(16)2)29-18(3)12-21(19(29)4)24(30)15-33-26(32)14-28-23-8-6-5-7-22(23)27-13-25(28)31/h5-13H,14-15H2,1-4H3. The summed E-state index contributed by atoms with van der Waals surface area (Å²) in [5.74, 6) is -0.955. The fraction of sp³-hybridized carbons (Fsp3) is 0.231. The van der Waals surface area contributed by atoms with E-state index in [1.807, 2.05) is 30.5 Å². The van der Waals surface area contributed by atoms with Crippen LogP contribution in [0.15, 0.2) is 59.5 Å². The van der Waals surface area contributed by atoms with Gasteiger partial charge >= 0.3 is 5.97 Å². The van der Waals surface area contributed by atoms with Crippen LogP contribution in [-0.2, 0) is 16.1 Å². The van der Waals surface area contributed by atoms with E-state index in [-0.39, 0.29) is 12.3 Å². The van der Waals surface area contributed by atoms with Crippen LogP contribution in [0.2, 0.25) is 0 Å². The molecule has 0 saturated carbocycles. The van der Waals surface area contributed by atoms with Gasteiger partial charge < -0.3 is 9.30 Å². The minimum atomic E-state index is -0.662. The number of ketones is 1. The maximum atomic E-state index is 12.9. The first-order chi connectivity index (χ1) is 15.8. The molecule has 0 unspecified atom stereocenters. The van der Waals surface area contributed by atoms with Crippen LogP contribution in [0.25, 0.3) is 16.7 Å². The van der Waals surface area contributed by atoms with Gasteiger partial charge in [0.15, 0.2) is 6.61 Å². The SMILES string of the molecule is Cc1ccc(-n2c(C)cc(C(=O)COC(=O)Cn3c(=O)cnc4ccccc43)c2C)cc1C. The predicted molar refractivity (Wildman–Crippen MR) is 126 cm³/mol. The quantitative estimate of drug-likeness (QED) is 0.334. The highest BCUT2D eigenvalue weighted by Crippen LogP contribution is 2.23. The van der Waals surface area contributed by atoms with E-state index >= 15 is 0 Å². The zero-order valence-electron chi connectivity index (χ0n) is 19.1. The first kappa shape index (κ1) is 22.2. The largest absolute Gasteiger partial charge is 0.456 e. The number of hydrogen-bond donors (Lipinski definition) is 0. The van der Waals surface area contributed by atoms with Crippen molar-refractivity contribution in [3.05, 3.63) is 93.2 Å². The molecule has 0 fully saturated rings. The molecular weight excluding hydrogens is 418 g/mol. The number of nitrogens with zero attached hydrogens (tertiary/aromatic N) is 3. The van der Waals surface area contributed by atoms with Crippen LogP contribution in [0.5, 0.6) is 0 Å². The Kier molecular flexibility index (Phi) is 5.96. The Hall–Kier alpha value is -4.00. The van der Waals surface area contributed by atoms with E-state index in [9.17, 15) is 14.4 Å². The molecule has 0 saturated heterocycles. The van der Waals surface area contributed by atoms with Gasteiger partial charge in [0.05, 0.1) is 17.2 Å². The lowest BCUT2D eigenvalue weighted by atomic mass is 10.1. The summed E-state index contributed by atoms with van der Waals surface area (Å²) in [7, 11) is 0. The number of aromatic nitrogens is 3. The third kappa shape index (κ3) is 4.35. The van der Waals surface area contributed by atoms with Gasteiger partial charge in [0.1, 0.15) is 6.54 Å². The molecule has 0 N–H and O–H groups in total. The second-order valence-corrected chi connectivity index (χ2v) is 8.14. The summed E-state index contributed by atoms with van der Waals surface area (Å²) in [6.07, 6.45) is 1.17. The first-order valence-electron chi connectivity index (χ1n) is 10.7. The van der Waals surface area contributed by atoms with Crippen LogP contribution in [0.1, 0.15) is 32.9 Å². The molecule has 4 aromatic rings. The fourth-order valence-corrected chi connectivity index (χ4v) is 3.98. The van der Waals surface area contributed by atoms with E-state index in [2.05, 4.69) is 31.0 Å². The van der Waals surface area contributed by atoms with Crippen molar-refractivity contribution >= 4 is 22.8 Å². The number of para-hydroxylation sites is 2. The number of Topliss-reactive ketones (excluding diaryl/α,β-unsaturated/α-hetero) is 1. The number of rotatable bonds is 6. The lowest BCUT2D eigenvalue weighted by Gasteiger charge is -2.12. The minimum absolute atomic E-state index is 0.293. The molecule has 0 aliphatic carbocycles. The average Bonchev–Trinajstić information content (AvgIpc) is 3.10. The number of hydrogen-bond acceptors (Lipinski definition) is 5. The molecule has 4 rings (SSSR count). The van der Waals surface area contributed by atoms with E-state index in [4.69, 9.17) is 4.74 Å². The van der Waals surface area contributed by atoms with E-state index in [0.717, 1.165) is 17.1 Å². The Morgan fingerprint density at radius 2 is 1.73 bits per heavy atom. The summed E-state index contributed by atoms with van der Waals surface area (Å²) >= 11 is 0. The molecule has 7 nitrogen and oxygen atoms in total. The van der Waals surface area contributed by atoms with E-state index < -0.39 is 18.1 Å². The summed E-state index contributed by atoms with van der Waals surface area (Å²) in [5, 5.41) is 0. The number of aryl methyl sites for hydroxylation is 3. The second-order valence-electron chi connectivity index (χ2n) is 8.14. The van der Waals surface area contributed by atoms with Crippen molar-refractivity contribution in [2.24, 2.45) is 0 Å². The normalized spacial score (nSPS) is 11.0. The summed E-state index contributed by atoms with van der Waals surface area (Å²) in [5.41, 5.74) is 6.27. The minimum Gasteiger partial charge on any atom is -0.456 e. The van der Waals surface area contributed by atoms with Gasteiger partial charge in [0, 0.05) is 22.6 Å².